The van der Waals surface area contributed by atoms with Gasteiger partial charge in [0.15, 0.2) is 0 Å². The molecule has 0 fully saturated rings. The molecule has 1 heterocycles. The Hall–Kier alpha value is -2.04. The molecule has 5 heteroatoms. The molecule has 1 unspecified atom stereocenters. The minimum atomic E-state index is -0.630. The van der Waals surface area contributed by atoms with Gasteiger partial charge in [0.25, 0.3) is 0 Å². The molecule has 0 saturated carbocycles. The van der Waals surface area contributed by atoms with Gasteiger partial charge in [-0.25, -0.2) is 0 Å². The summed E-state index contributed by atoms with van der Waals surface area (Å²) < 4.78 is 17.1. The van der Waals surface area contributed by atoms with Crippen LogP contribution in [-0.4, -0.2) is 23.1 Å². The Morgan fingerprint density at radius 2 is 1.70 bits per heavy atom. The van der Waals surface area contributed by atoms with Crippen LogP contribution < -0.4 is 9.47 Å². The van der Waals surface area contributed by atoms with Crippen LogP contribution in [0.1, 0.15) is 76.1 Å². The first-order valence-corrected chi connectivity index (χ1v) is 9.61. The first-order chi connectivity index (χ1) is 12.4. The summed E-state index contributed by atoms with van der Waals surface area (Å²) in [7, 11) is 0. The van der Waals surface area contributed by atoms with E-state index in [2.05, 4.69) is 13.8 Å². The molecule has 0 radical (unpaired) electrons. The van der Waals surface area contributed by atoms with Crippen LogP contribution in [0.25, 0.3) is 0 Å². The fourth-order valence-corrected chi connectivity index (χ4v) is 3.33. The largest absolute Gasteiger partial charge is 0.487 e. The van der Waals surface area contributed by atoms with Crippen LogP contribution in [0.5, 0.6) is 11.5 Å². The third-order valence-electron chi connectivity index (χ3n) is 5.24. The first-order valence-electron chi connectivity index (χ1n) is 9.61. The van der Waals surface area contributed by atoms with Gasteiger partial charge in [-0.2, -0.15) is 0 Å². The summed E-state index contributed by atoms with van der Waals surface area (Å²) in [5.41, 5.74) is 3.05. The zero-order valence-electron chi connectivity index (χ0n) is 17.9. The van der Waals surface area contributed by atoms with Crippen molar-refractivity contribution in [2.45, 2.75) is 92.3 Å². The predicted molar refractivity (Wildman–Crippen MR) is 104 cm³/mol. The number of hydrogen-bond acceptors (Lipinski definition) is 5. The van der Waals surface area contributed by atoms with Gasteiger partial charge < -0.3 is 14.2 Å². The lowest BCUT2D eigenvalue weighted by atomic mass is 9.86. The molecule has 1 aromatic carbocycles. The van der Waals surface area contributed by atoms with Crippen molar-refractivity contribution in [1.29, 1.82) is 0 Å². The molecule has 0 spiro atoms. The van der Waals surface area contributed by atoms with Gasteiger partial charge >= 0.3 is 11.9 Å². The van der Waals surface area contributed by atoms with E-state index in [4.69, 9.17) is 14.2 Å². The molecular weight excluding hydrogens is 344 g/mol. The zero-order chi connectivity index (χ0) is 20.6. The van der Waals surface area contributed by atoms with E-state index < -0.39 is 24.0 Å². The Morgan fingerprint density at radius 3 is 2.26 bits per heavy atom. The highest BCUT2D eigenvalue weighted by Gasteiger charge is 2.33. The first kappa shape index (κ1) is 21.3. The Kier molecular flexibility index (Phi) is 5.93. The van der Waals surface area contributed by atoms with E-state index in [9.17, 15) is 9.59 Å². The van der Waals surface area contributed by atoms with E-state index in [1.54, 1.807) is 20.8 Å². The van der Waals surface area contributed by atoms with Crippen LogP contribution >= 0.6 is 0 Å². The van der Waals surface area contributed by atoms with E-state index in [1.807, 2.05) is 20.8 Å². The van der Waals surface area contributed by atoms with Gasteiger partial charge in [0, 0.05) is 5.56 Å². The highest BCUT2D eigenvalue weighted by Crippen LogP contribution is 2.44. The van der Waals surface area contributed by atoms with Crippen molar-refractivity contribution in [1.82, 2.24) is 0 Å². The summed E-state index contributed by atoms with van der Waals surface area (Å²) in [6.45, 7) is 15.4. The number of benzene rings is 1. The minimum Gasteiger partial charge on any atom is -0.487 e. The van der Waals surface area contributed by atoms with E-state index >= 15 is 0 Å². The van der Waals surface area contributed by atoms with Gasteiger partial charge in [-0.3, -0.25) is 9.59 Å². The van der Waals surface area contributed by atoms with Crippen molar-refractivity contribution in [3.8, 4) is 11.5 Å². The lowest BCUT2D eigenvalue weighted by molar-refractivity contribution is -0.158. The standard InChI is InChI=1S/C22H32O5/c1-9-22(8)11-10-16-15(4)19(13(2)14(3)20(16)27-22)25-17(23)12-18(24)26-21(5,6)7/h9-12H2,1-8H3. The van der Waals surface area contributed by atoms with Crippen LogP contribution in [0.4, 0.5) is 0 Å². The molecule has 0 aromatic heterocycles. The van der Waals surface area contributed by atoms with E-state index in [-0.39, 0.29) is 5.60 Å². The predicted octanol–water partition coefficient (Wildman–Crippen LogP) is 4.74. The molecule has 1 aliphatic rings. The quantitative estimate of drug-likeness (QED) is 0.431. The van der Waals surface area contributed by atoms with E-state index in [0.717, 1.165) is 47.3 Å². The van der Waals surface area contributed by atoms with E-state index in [0.29, 0.717) is 5.75 Å². The third-order valence-corrected chi connectivity index (χ3v) is 5.24. The lowest BCUT2D eigenvalue weighted by Gasteiger charge is -2.37. The molecule has 1 aromatic rings. The average molecular weight is 376 g/mol. The fraction of sp³-hybridized carbons (Fsp3) is 0.636. The number of ether oxygens (including phenoxy) is 3. The normalized spacial score (nSPS) is 19.1. The number of rotatable bonds is 4. The molecule has 150 valence electrons. The van der Waals surface area contributed by atoms with Crippen LogP contribution in [-0.2, 0) is 20.7 Å². The summed E-state index contributed by atoms with van der Waals surface area (Å²) in [4.78, 5) is 24.2. The van der Waals surface area contributed by atoms with Crippen molar-refractivity contribution in [2.24, 2.45) is 0 Å². The van der Waals surface area contributed by atoms with Crippen LogP contribution in [0, 0.1) is 20.8 Å². The molecule has 0 aliphatic carbocycles. The van der Waals surface area contributed by atoms with Crippen LogP contribution in [0.3, 0.4) is 0 Å². The van der Waals surface area contributed by atoms with Crippen molar-refractivity contribution < 1.29 is 23.8 Å². The number of hydrogen-bond donors (Lipinski definition) is 0. The maximum absolute atomic E-state index is 12.3. The van der Waals surface area contributed by atoms with E-state index in [1.165, 1.54) is 0 Å². The maximum Gasteiger partial charge on any atom is 0.322 e. The Balaban J connectivity index is 2.26. The molecule has 5 nitrogen and oxygen atoms in total. The topological polar surface area (TPSA) is 61.8 Å². The average Bonchev–Trinajstić information content (AvgIpc) is 2.55. The highest BCUT2D eigenvalue weighted by atomic mass is 16.6. The number of fused-ring (bicyclic) bond motifs is 1. The minimum absolute atomic E-state index is 0.161. The summed E-state index contributed by atoms with van der Waals surface area (Å²) in [6.07, 6.45) is 2.33. The molecule has 0 N–H and O–H groups in total. The van der Waals surface area contributed by atoms with Gasteiger partial charge in [0.1, 0.15) is 29.1 Å². The molecular formula is C22H32O5. The van der Waals surface area contributed by atoms with Crippen molar-refractivity contribution >= 4 is 11.9 Å². The Morgan fingerprint density at radius 1 is 1.07 bits per heavy atom. The van der Waals surface area contributed by atoms with Crippen LogP contribution in [0.15, 0.2) is 0 Å². The van der Waals surface area contributed by atoms with Gasteiger partial charge in [-0.1, -0.05) is 6.92 Å². The third kappa shape index (κ3) is 4.82. The summed E-state index contributed by atoms with van der Waals surface area (Å²) >= 11 is 0. The molecule has 0 bridgehead atoms. The molecule has 27 heavy (non-hydrogen) atoms. The highest BCUT2D eigenvalue weighted by molar-refractivity contribution is 5.92. The summed E-state index contributed by atoms with van der Waals surface area (Å²) in [5, 5.41) is 0. The monoisotopic (exact) mass is 376 g/mol. The Labute approximate surface area is 162 Å². The number of esters is 2. The smallest absolute Gasteiger partial charge is 0.322 e. The van der Waals surface area contributed by atoms with Gasteiger partial charge in [0.05, 0.1) is 0 Å². The zero-order valence-corrected chi connectivity index (χ0v) is 17.9. The fourth-order valence-electron chi connectivity index (χ4n) is 3.33. The SMILES string of the molecule is CCC1(C)CCc2c(C)c(OC(=O)CC(=O)OC(C)(C)C)c(C)c(C)c2O1. The number of carbonyl (C=O) groups is 2. The molecule has 1 aliphatic heterocycles. The second-order valence-corrected chi connectivity index (χ2v) is 8.65. The van der Waals surface area contributed by atoms with Gasteiger partial charge in [-0.15, -0.1) is 0 Å². The van der Waals surface area contributed by atoms with Crippen molar-refractivity contribution in [3.63, 3.8) is 0 Å². The lowest BCUT2D eigenvalue weighted by Crippen LogP contribution is -2.36. The Bertz CT molecular complexity index is 757. The molecule has 0 amide bonds. The summed E-state index contributed by atoms with van der Waals surface area (Å²) in [5.74, 6) is 0.250. The molecule has 2 rings (SSSR count). The van der Waals surface area contributed by atoms with Gasteiger partial charge in [-0.05, 0) is 84.4 Å². The molecule has 0 saturated heterocycles. The second-order valence-electron chi connectivity index (χ2n) is 8.65. The maximum atomic E-state index is 12.3. The van der Waals surface area contributed by atoms with Crippen molar-refractivity contribution in [2.75, 3.05) is 0 Å². The van der Waals surface area contributed by atoms with Crippen molar-refractivity contribution in [3.05, 3.63) is 22.3 Å². The van der Waals surface area contributed by atoms with Gasteiger partial charge in [0.2, 0.25) is 0 Å². The number of carbonyl (C=O) groups excluding carboxylic acids is 2. The van der Waals surface area contributed by atoms with Crippen LogP contribution in [0.2, 0.25) is 0 Å². The molecule has 1 atom stereocenters. The second kappa shape index (κ2) is 7.53. The summed E-state index contributed by atoms with van der Waals surface area (Å²) in [6, 6.07) is 0.